The van der Waals surface area contributed by atoms with Crippen LogP contribution in [0.1, 0.15) is 20.0 Å². The first-order chi connectivity index (χ1) is 12.6. The molecule has 1 amide bonds. The summed E-state index contributed by atoms with van der Waals surface area (Å²) in [4.78, 5) is 40.4. The maximum absolute atomic E-state index is 12.3. The molecule has 1 aromatic carbocycles. The van der Waals surface area contributed by atoms with Crippen molar-refractivity contribution in [2.75, 3.05) is 19.0 Å². The molecule has 2 aromatic heterocycles. The minimum atomic E-state index is -0.628. The first-order valence-corrected chi connectivity index (χ1v) is 8.44. The SMILES string of the molecule is COC(=O)c1sccc1NC(=O)COC(=O)c1cccc2ncccc12. The van der Waals surface area contributed by atoms with Crippen molar-refractivity contribution in [2.24, 2.45) is 0 Å². The molecule has 2 heterocycles. The highest BCUT2D eigenvalue weighted by Gasteiger charge is 2.17. The fourth-order valence-corrected chi connectivity index (χ4v) is 3.10. The number of rotatable bonds is 5. The monoisotopic (exact) mass is 370 g/mol. The quantitative estimate of drug-likeness (QED) is 0.694. The summed E-state index contributed by atoms with van der Waals surface area (Å²) < 4.78 is 9.72. The Bertz CT molecular complexity index is 977. The number of hydrogen-bond acceptors (Lipinski definition) is 7. The third kappa shape index (κ3) is 3.70. The molecule has 132 valence electrons. The molecule has 3 rings (SSSR count). The van der Waals surface area contributed by atoms with Gasteiger partial charge in [-0.25, -0.2) is 9.59 Å². The number of benzene rings is 1. The van der Waals surface area contributed by atoms with Gasteiger partial charge in [-0.1, -0.05) is 12.1 Å². The summed E-state index contributed by atoms with van der Waals surface area (Å²) >= 11 is 1.14. The molecule has 0 saturated carbocycles. The minimum Gasteiger partial charge on any atom is -0.465 e. The van der Waals surface area contributed by atoms with Gasteiger partial charge in [0.2, 0.25) is 0 Å². The number of carbonyl (C=O) groups is 3. The molecule has 8 heteroatoms. The lowest BCUT2D eigenvalue weighted by atomic mass is 10.1. The van der Waals surface area contributed by atoms with Crippen LogP contribution in [0.3, 0.4) is 0 Å². The molecular weight excluding hydrogens is 356 g/mol. The third-order valence-corrected chi connectivity index (χ3v) is 4.40. The van der Waals surface area contributed by atoms with Crippen LogP contribution in [0.25, 0.3) is 10.9 Å². The van der Waals surface area contributed by atoms with E-state index in [4.69, 9.17) is 4.74 Å². The molecule has 0 spiro atoms. The van der Waals surface area contributed by atoms with Crippen molar-refractivity contribution in [3.05, 3.63) is 58.4 Å². The predicted molar refractivity (Wildman–Crippen MR) is 96.3 cm³/mol. The number of thiophene rings is 1. The number of nitrogens with one attached hydrogen (secondary N) is 1. The highest BCUT2D eigenvalue weighted by Crippen LogP contribution is 2.23. The molecule has 0 aliphatic rings. The van der Waals surface area contributed by atoms with Crippen LogP contribution in [-0.4, -0.2) is 36.5 Å². The molecule has 0 fully saturated rings. The Morgan fingerprint density at radius 2 is 1.96 bits per heavy atom. The van der Waals surface area contributed by atoms with E-state index in [0.29, 0.717) is 22.2 Å². The Balaban J connectivity index is 1.65. The number of carbonyl (C=O) groups excluding carboxylic acids is 3. The lowest BCUT2D eigenvalue weighted by Crippen LogP contribution is -2.21. The fraction of sp³-hybridized carbons (Fsp3) is 0.111. The smallest absolute Gasteiger partial charge is 0.350 e. The molecule has 0 saturated heterocycles. The van der Waals surface area contributed by atoms with Crippen LogP contribution in [0.2, 0.25) is 0 Å². The molecule has 0 aliphatic heterocycles. The van der Waals surface area contributed by atoms with Gasteiger partial charge >= 0.3 is 11.9 Å². The van der Waals surface area contributed by atoms with Gasteiger partial charge < -0.3 is 14.8 Å². The maximum Gasteiger partial charge on any atom is 0.350 e. The van der Waals surface area contributed by atoms with Gasteiger partial charge in [0.1, 0.15) is 4.88 Å². The van der Waals surface area contributed by atoms with E-state index in [1.807, 2.05) is 0 Å². The lowest BCUT2D eigenvalue weighted by molar-refractivity contribution is -0.119. The summed E-state index contributed by atoms with van der Waals surface area (Å²) in [5.74, 6) is -1.73. The summed E-state index contributed by atoms with van der Waals surface area (Å²) in [5.41, 5.74) is 1.30. The summed E-state index contributed by atoms with van der Waals surface area (Å²) in [6, 6.07) is 10.1. The Morgan fingerprint density at radius 1 is 1.12 bits per heavy atom. The van der Waals surface area contributed by atoms with Crippen molar-refractivity contribution in [3.63, 3.8) is 0 Å². The fourth-order valence-electron chi connectivity index (χ4n) is 2.33. The average molecular weight is 370 g/mol. The van der Waals surface area contributed by atoms with Crippen molar-refractivity contribution in [2.45, 2.75) is 0 Å². The lowest BCUT2D eigenvalue weighted by Gasteiger charge is -2.08. The van der Waals surface area contributed by atoms with Gasteiger partial charge in [0, 0.05) is 11.6 Å². The molecule has 0 aliphatic carbocycles. The number of esters is 2. The largest absolute Gasteiger partial charge is 0.465 e. The molecule has 0 bridgehead atoms. The number of hydrogen-bond donors (Lipinski definition) is 1. The van der Waals surface area contributed by atoms with Gasteiger partial charge in [0.15, 0.2) is 6.61 Å². The van der Waals surface area contributed by atoms with Crippen LogP contribution < -0.4 is 5.32 Å². The average Bonchev–Trinajstić information content (AvgIpc) is 3.13. The number of ether oxygens (including phenoxy) is 2. The Kier molecular flexibility index (Phi) is 5.23. The molecule has 0 radical (unpaired) electrons. The number of anilines is 1. The van der Waals surface area contributed by atoms with Gasteiger partial charge in [-0.15, -0.1) is 11.3 Å². The van der Waals surface area contributed by atoms with E-state index < -0.39 is 24.5 Å². The molecule has 0 atom stereocenters. The molecule has 3 aromatic rings. The number of aromatic nitrogens is 1. The number of methoxy groups -OCH3 is 1. The minimum absolute atomic E-state index is 0.271. The zero-order chi connectivity index (χ0) is 18.5. The number of fused-ring (bicyclic) bond motifs is 1. The van der Waals surface area contributed by atoms with Gasteiger partial charge in [-0.05, 0) is 29.6 Å². The van der Waals surface area contributed by atoms with Crippen molar-refractivity contribution < 1.29 is 23.9 Å². The van der Waals surface area contributed by atoms with E-state index in [1.54, 1.807) is 48.0 Å². The standard InChI is InChI=1S/C18H14N2O5S/c1-24-18(23)16-14(7-9-26-16)20-15(21)10-25-17(22)12-4-2-6-13-11(12)5-3-8-19-13/h2-9H,10H2,1H3,(H,20,21). The Morgan fingerprint density at radius 3 is 2.77 bits per heavy atom. The molecule has 26 heavy (non-hydrogen) atoms. The second-order valence-corrected chi connectivity index (χ2v) is 6.07. The van der Waals surface area contributed by atoms with E-state index in [0.717, 1.165) is 11.3 Å². The van der Waals surface area contributed by atoms with E-state index in [2.05, 4.69) is 15.0 Å². The van der Waals surface area contributed by atoms with Crippen molar-refractivity contribution in [3.8, 4) is 0 Å². The molecule has 0 unspecified atom stereocenters. The van der Waals surface area contributed by atoms with Crippen molar-refractivity contribution in [1.82, 2.24) is 4.98 Å². The number of pyridine rings is 1. The summed E-state index contributed by atoms with van der Waals surface area (Å²) in [6.45, 7) is -0.480. The van der Waals surface area contributed by atoms with Crippen molar-refractivity contribution in [1.29, 1.82) is 0 Å². The van der Waals surface area contributed by atoms with Crippen LogP contribution >= 0.6 is 11.3 Å². The maximum atomic E-state index is 12.3. The number of amides is 1. The second-order valence-electron chi connectivity index (χ2n) is 5.15. The van der Waals surface area contributed by atoms with E-state index in [9.17, 15) is 14.4 Å². The van der Waals surface area contributed by atoms with E-state index in [-0.39, 0.29) is 4.88 Å². The Labute approximate surface area is 152 Å². The summed E-state index contributed by atoms with van der Waals surface area (Å²) in [6.07, 6.45) is 1.63. The van der Waals surface area contributed by atoms with Crippen LogP contribution in [0.4, 0.5) is 5.69 Å². The predicted octanol–water partition coefficient (Wildman–Crippen LogP) is 2.88. The van der Waals surface area contributed by atoms with Crippen molar-refractivity contribution >= 4 is 45.8 Å². The van der Waals surface area contributed by atoms with Crippen LogP contribution in [0.5, 0.6) is 0 Å². The summed E-state index contributed by atoms with van der Waals surface area (Å²) in [7, 11) is 1.26. The zero-order valence-electron chi connectivity index (χ0n) is 13.7. The number of nitrogens with zero attached hydrogens (tertiary/aromatic N) is 1. The van der Waals surface area contributed by atoms with Crippen LogP contribution in [-0.2, 0) is 14.3 Å². The zero-order valence-corrected chi connectivity index (χ0v) is 14.5. The molecular formula is C18H14N2O5S. The van der Waals surface area contributed by atoms with Gasteiger partial charge in [0.25, 0.3) is 5.91 Å². The summed E-state index contributed by atoms with van der Waals surface area (Å²) in [5, 5.41) is 4.83. The highest BCUT2D eigenvalue weighted by molar-refractivity contribution is 7.12. The van der Waals surface area contributed by atoms with E-state index >= 15 is 0 Å². The molecule has 1 N–H and O–H groups in total. The topological polar surface area (TPSA) is 94.6 Å². The van der Waals surface area contributed by atoms with Crippen LogP contribution in [0, 0.1) is 0 Å². The van der Waals surface area contributed by atoms with E-state index in [1.165, 1.54) is 7.11 Å². The van der Waals surface area contributed by atoms with Gasteiger partial charge in [-0.2, -0.15) is 0 Å². The third-order valence-electron chi connectivity index (χ3n) is 3.51. The second kappa shape index (κ2) is 7.75. The normalized spacial score (nSPS) is 10.3. The molecule has 7 nitrogen and oxygen atoms in total. The first-order valence-electron chi connectivity index (χ1n) is 7.56. The highest BCUT2D eigenvalue weighted by atomic mass is 32.1. The van der Waals surface area contributed by atoms with Gasteiger partial charge in [-0.3, -0.25) is 9.78 Å². The van der Waals surface area contributed by atoms with Crippen LogP contribution in [0.15, 0.2) is 48.0 Å². The first kappa shape index (κ1) is 17.6. The van der Waals surface area contributed by atoms with Gasteiger partial charge in [0.05, 0.1) is 23.9 Å². The Hall–Kier alpha value is -3.26.